The van der Waals surface area contributed by atoms with Crippen molar-refractivity contribution in [3.8, 4) is 5.75 Å². The molecule has 2 aliphatic rings. The smallest absolute Gasteiger partial charge is 0.304 e. The molecule has 2 aromatic carbocycles. The van der Waals surface area contributed by atoms with E-state index >= 15 is 0 Å². The van der Waals surface area contributed by atoms with E-state index in [-0.39, 0.29) is 24.0 Å². The molecule has 1 N–H and O–H groups in total. The molecule has 0 amide bonds. The van der Waals surface area contributed by atoms with Crippen LogP contribution in [0.1, 0.15) is 72.0 Å². The van der Waals surface area contributed by atoms with Gasteiger partial charge in [-0.2, -0.15) is 0 Å². The molecule has 3 heterocycles. The fraction of sp³-hybridized carbons (Fsp3) is 0.400. The van der Waals surface area contributed by atoms with Gasteiger partial charge >= 0.3 is 5.97 Å². The number of aryl methyl sites for hydroxylation is 3. The Labute approximate surface area is 222 Å². The van der Waals surface area contributed by atoms with Crippen LogP contribution >= 0.6 is 0 Å². The Kier molecular flexibility index (Phi) is 5.94. The lowest BCUT2D eigenvalue weighted by atomic mass is 9.84. The zero-order valence-corrected chi connectivity index (χ0v) is 22.3. The summed E-state index contributed by atoms with van der Waals surface area (Å²) in [5.41, 5.74) is 8.13. The van der Waals surface area contributed by atoms with Crippen LogP contribution in [0.2, 0.25) is 0 Å². The molecule has 4 aromatic rings. The van der Waals surface area contributed by atoms with Gasteiger partial charge in [0.05, 0.1) is 11.9 Å². The summed E-state index contributed by atoms with van der Waals surface area (Å²) in [5.74, 6) is -0.198. The number of rotatable bonds is 5. The molecule has 38 heavy (non-hydrogen) atoms. The third-order valence-corrected chi connectivity index (χ3v) is 8.09. The first-order chi connectivity index (χ1) is 18.2. The van der Waals surface area contributed by atoms with E-state index in [4.69, 9.17) is 4.74 Å². The Balaban J connectivity index is 1.40. The molecule has 8 heteroatoms. The summed E-state index contributed by atoms with van der Waals surface area (Å²) in [6, 6.07) is 12.8. The third kappa shape index (κ3) is 4.32. The van der Waals surface area contributed by atoms with Gasteiger partial charge in [-0.05, 0) is 73.6 Å². The Morgan fingerprint density at radius 2 is 2.05 bits per heavy atom. The van der Waals surface area contributed by atoms with Crippen LogP contribution in [0.5, 0.6) is 5.75 Å². The summed E-state index contributed by atoms with van der Waals surface area (Å²) >= 11 is 0. The molecule has 0 fully saturated rings. The quantitative estimate of drug-likeness (QED) is 0.406. The standard InChI is InChI=1S/C30H33N5O3/c1-18-22(8-10-26-29(18)32-33-34(26)4)23(14-28(36)37)20-6-5-19-7-9-25(24(19)13-20)35-16-21-15-31-12-11-27(21)38-30(2,3)17-35/h5-6,8,10-13,15,23,25H,7,9,14,16-17H2,1-4H3,(H,36,37). The molecule has 1 aliphatic heterocycles. The van der Waals surface area contributed by atoms with Crippen molar-refractivity contribution in [3.05, 3.63) is 82.2 Å². The van der Waals surface area contributed by atoms with Crippen LogP contribution in [0.4, 0.5) is 0 Å². The highest BCUT2D eigenvalue weighted by Gasteiger charge is 2.36. The summed E-state index contributed by atoms with van der Waals surface area (Å²) in [4.78, 5) is 18.9. The summed E-state index contributed by atoms with van der Waals surface area (Å²) in [7, 11) is 1.87. The summed E-state index contributed by atoms with van der Waals surface area (Å²) < 4.78 is 8.12. The van der Waals surface area contributed by atoms with E-state index in [1.807, 2.05) is 38.4 Å². The fourth-order valence-electron chi connectivity index (χ4n) is 6.35. The summed E-state index contributed by atoms with van der Waals surface area (Å²) in [6.45, 7) is 7.84. The number of nitrogens with zero attached hydrogens (tertiary/aromatic N) is 5. The first kappa shape index (κ1) is 24.6. The predicted octanol–water partition coefficient (Wildman–Crippen LogP) is 4.94. The lowest BCUT2D eigenvalue weighted by Gasteiger charge is -2.34. The van der Waals surface area contributed by atoms with E-state index in [9.17, 15) is 9.90 Å². The van der Waals surface area contributed by atoms with E-state index in [0.29, 0.717) is 0 Å². The van der Waals surface area contributed by atoms with Crippen molar-refractivity contribution in [1.82, 2.24) is 24.9 Å². The Bertz CT molecular complexity index is 1540. The van der Waals surface area contributed by atoms with Gasteiger partial charge in [0.2, 0.25) is 0 Å². The molecule has 2 unspecified atom stereocenters. The van der Waals surface area contributed by atoms with Crippen molar-refractivity contribution < 1.29 is 14.6 Å². The number of pyridine rings is 1. The van der Waals surface area contributed by atoms with Crippen LogP contribution in [0.25, 0.3) is 11.0 Å². The van der Waals surface area contributed by atoms with E-state index in [2.05, 4.69) is 52.2 Å². The third-order valence-electron chi connectivity index (χ3n) is 8.09. The minimum Gasteiger partial charge on any atom is -0.486 e. The van der Waals surface area contributed by atoms with Crippen LogP contribution < -0.4 is 4.74 Å². The molecular weight excluding hydrogens is 478 g/mol. The van der Waals surface area contributed by atoms with Gasteiger partial charge in [-0.15, -0.1) is 5.10 Å². The Hall–Kier alpha value is -3.78. The normalized spacial score (nSPS) is 19.4. The summed E-state index contributed by atoms with van der Waals surface area (Å²) in [6.07, 6.45) is 5.74. The van der Waals surface area contributed by atoms with Crippen molar-refractivity contribution >= 4 is 17.0 Å². The van der Waals surface area contributed by atoms with Gasteiger partial charge in [-0.1, -0.05) is 29.5 Å². The maximum atomic E-state index is 12.0. The van der Waals surface area contributed by atoms with E-state index in [1.54, 1.807) is 10.9 Å². The predicted molar refractivity (Wildman–Crippen MR) is 144 cm³/mol. The molecular formula is C30H33N5O3. The molecule has 6 rings (SSSR count). The second-order valence-electron chi connectivity index (χ2n) is 11.3. The first-order valence-electron chi connectivity index (χ1n) is 13.2. The van der Waals surface area contributed by atoms with Crippen LogP contribution in [-0.4, -0.2) is 48.1 Å². The second-order valence-corrected chi connectivity index (χ2v) is 11.3. The van der Waals surface area contributed by atoms with Gasteiger partial charge in [0.1, 0.15) is 16.9 Å². The maximum Gasteiger partial charge on any atom is 0.304 e. The van der Waals surface area contributed by atoms with Crippen molar-refractivity contribution in [3.63, 3.8) is 0 Å². The number of carbonyl (C=O) groups is 1. The Morgan fingerprint density at radius 3 is 2.87 bits per heavy atom. The molecule has 0 saturated carbocycles. The summed E-state index contributed by atoms with van der Waals surface area (Å²) in [5, 5.41) is 18.4. The van der Waals surface area contributed by atoms with Crippen molar-refractivity contribution in [2.24, 2.45) is 7.05 Å². The number of aliphatic carboxylic acids is 1. The minimum absolute atomic E-state index is 0.0136. The number of carboxylic acid groups (broad SMARTS) is 1. The van der Waals surface area contributed by atoms with Gasteiger partial charge in [0.15, 0.2) is 0 Å². The molecule has 0 bridgehead atoms. The van der Waals surface area contributed by atoms with E-state index in [1.165, 1.54) is 11.1 Å². The molecule has 8 nitrogen and oxygen atoms in total. The molecule has 2 aromatic heterocycles. The number of fused-ring (bicyclic) bond motifs is 3. The zero-order chi connectivity index (χ0) is 26.6. The van der Waals surface area contributed by atoms with E-state index < -0.39 is 5.97 Å². The highest BCUT2D eigenvalue weighted by Crippen LogP contribution is 2.42. The van der Waals surface area contributed by atoms with Crippen LogP contribution in [0.15, 0.2) is 48.8 Å². The largest absolute Gasteiger partial charge is 0.486 e. The first-order valence-corrected chi connectivity index (χ1v) is 13.2. The number of ether oxygens (including phenoxy) is 1. The number of hydrogen-bond donors (Lipinski definition) is 1. The van der Waals surface area contributed by atoms with Crippen molar-refractivity contribution in [2.45, 2.75) is 64.1 Å². The van der Waals surface area contributed by atoms with Crippen LogP contribution in [0, 0.1) is 6.92 Å². The highest BCUT2D eigenvalue weighted by atomic mass is 16.5. The number of aromatic nitrogens is 4. The zero-order valence-electron chi connectivity index (χ0n) is 22.3. The number of hydrogen-bond acceptors (Lipinski definition) is 6. The van der Waals surface area contributed by atoms with Crippen LogP contribution in [0.3, 0.4) is 0 Å². The van der Waals surface area contributed by atoms with Gasteiger partial charge in [0.25, 0.3) is 0 Å². The lowest BCUT2D eigenvalue weighted by molar-refractivity contribution is -0.137. The molecule has 2 atom stereocenters. The monoisotopic (exact) mass is 511 g/mol. The second kappa shape index (κ2) is 9.20. The maximum absolute atomic E-state index is 12.0. The number of carboxylic acids is 1. The van der Waals surface area contributed by atoms with Crippen LogP contribution in [-0.2, 0) is 24.8 Å². The minimum atomic E-state index is -0.818. The Morgan fingerprint density at radius 1 is 1.21 bits per heavy atom. The highest BCUT2D eigenvalue weighted by molar-refractivity contribution is 5.80. The topological polar surface area (TPSA) is 93.4 Å². The van der Waals surface area contributed by atoms with Gasteiger partial charge in [-0.25, -0.2) is 4.68 Å². The molecule has 196 valence electrons. The average Bonchev–Trinajstić information content (AvgIpc) is 3.43. The van der Waals surface area contributed by atoms with Crippen molar-refractivity contribution in [2.75, 3.05) is 6.54 Å². The fourth-order valence-corrected chi connectivity index (χ4v) is 6.35. The van der Waals surface area contributed by atoms with E-state index in [0.717, 1.165) is 65.0 Å². The van der Waals surface area contributed by atoms with Gasteiger partial charge in [0, 0.05) is 50.1 Å². The average molecular weight is 512 g/mol. The molecule has 1 aliphatic carbocycles. The number of benzene rings is 2. The van der Waals surface area contributed by atoms with Crippen molar-refractivity contribution in [1.29, 1.82) is 0 Å². The lowest BCUT2D eigenvalue weighted by Crippen LogP contribution is -2.41. The molecule has 0 radical (unpaired) electrons. The molecule has 0 saturated heterocycles. The molecule has 0 spiro atoms. The van der Waals surface area contributed by atoms with Gasteiger partial charge < -0.3 is 9.84 Å². The van der Waals surface area contributed by atoms with Gasteiger partial charge in [-0.3, -0.25) is 14.7 Å². The SMILES string of the molecule is Cc1c(C(CC(=O)O)c2ccc3c(c2)C(N2Cc4cnccc4OC(C)(C)C2)CC3)ccc2c1nnn2C.